The summed E-state index contributed by atoms with van der Waals surface area (Å²) >= 11 is 2.23. The van der Waals surface area contributed by atoms with Crippen molar-refractivity contribution in [1.82, 2.24) is 10.2 Å². The zero-order valence-corrected chi connectivity index (χ0v) is 20.9. The molecule has 1 unspecified atom stereocenters. The number of halogens is 1. The molecule has 2 amide bonds. The number of amides is 2. The molecular weight excluding hydrogens is 515 g/mol. The van der Waals surface area contributed by atoms with Gasteiger partial charge in [0.15, 0.2) is 6.61 Å². The van der Waals surface area contributed by atoms with Crippen LogP contribution in [-0.4, -0.2) is 41.9 Å². The lowest BCUT2D eigenvalue weighted by Gasteiger charge is -2.32. The summed E-state index contributed by atoms with van der Waals surface area (Å²) in [4.78, 5) is 28.1. The number of hydrogen-bond acceptors (Lipinski definition) is 3. The lowest BCUT2D eigenvalue weighted by atomic mass is 9.95. The molecule has 6 heteroatoms. The molecule has 3 rings (SSSR count). The molecule has 1 N–H and O–H groups in total. The fourth-order valence-corrected chi connectivity index (χ4v) is 4.56. The van der Waals surface area contributed by atoms with E-state index in [9.17, 15) is 9.59 Å². The van der Waals surface area contributed by atoms with Crippen LogP contribution in [0, 0.1) is 3.57 Å². The van der Waals surface area contributed by atoms with E-state index in [0.29, 0.717) is 25.1 Å². The predicted molar refractivity (Wildman–Crippen MR) is 136 cm³/mol. The van der Waals surface area contributed by atoms with Crippen molar-refractivity contribution >= 4 is 34.4 Å². The maximum Gasteiger partial charge on any atom is 0.261 e. The Morgan fingerprint density at radius 3 is 2.41 bits per heavy atom. The van der Waals surface area contributed by atoms with Gasteiger partial charge in [0.25, 0.3) is 5.91 Å². The summed E-state index contributed by atoms with van der Waals surface area (Å²) in [6, 6.07) is 17.4. The summed E-state index contributed by atoms with van der Waals surface area (Å²) < 4.78 is 6.86. The number of carbonyl (C=O) groups is 2. The highest BCUT2D eigenvalue weighted by atomic mass is 127. The van der Waals surface area contributed by atoms with Gasteiger partial charge in [0.1, 0.15) is 11.8 Å². The summed E-state index contributed by atoms with van der Waals surface area (Å²) in [6.07, 6.45) is 6.86. The van der Waals surface area contributed by atoms with E-state index in [1.54, 1.807) is 4.90 Å². The third-order valence-electron chi connectivity index (χ3n) is 6.00. The molecule has 5 nitrogen and oxygen atoms in total. The van der Waals surface area contributed by atoms with Crippen molar-refractivity contribution in [3.05, 3.63) is 63.7 Å². The second-order valence-electron chi connectivity index (χ2n) is 8.33. The maximum absolute atomic E-state index is 13.2. The second-order valence-corrected chi connectivity index (χ2v) is 9.58. The first-order chi connectivity index (χ1) is 15.6. The van der Waals surface area contributed by atoms with Crippen LogP contribution in [0.5, 0.6) is 5.75 Å². The Kier molecular flexibility index (Phi) is 9.84. The topological polar surface area (TPSA) is 58.6 Å². The highest BCUT2D eigenvalue weighted by Gasteiger charge is 2.30. The first-order valence-electron chi connectivity index (χ1n) is 11.6. The molecule has 0 radical (unpaired) electrons. The van der Waals surface area contributed by atoms with Crippen LogP contribution in [0.2, 0.25) is 0 Å². The molecular formula is C26H33IN2O3. The average Bonchev–Trinajstić information content (AvgIpc) is 2.82. The monoisotopic (exact) mass is 548 g/mol. The van der Waals surface area contributed by atoms with E-state index in [4.69, 9.17) is 4.74 Å². The molecule has 0 aliphatic heterocycles. The maximum atomic E-state index is 13.2. The highest BCUT2D eigenvalue weighted by Crippen LogP contribution is 2.19. The van der Waals surface area contributed by atoms with Gasteiger partial charge in [0, 0.05) is 16.2 Å². The van der Waals surface area contributed by atoms with Crippen molar-refractivity contribution in [2.75, 3.05) is 13.2 Å². The van der Waals surface area contributed by atoms with Gasteiger partial charge >= 0.3 is 0 Å². The number of hydrogen-bond donors (Lipinski definition) is 1. The standard InChI is InChI=1S/C26H33IN2O3/c1-2-24(26(31)28-22-11-7-4-8-12-22)29(18-17-20-9-5-3-6-10-20)25(30)19-32-23-15-13-21(27)14-16-23/h3,5-6,9-10,13-16,22,24H,2,4,7-8,11-12,17-19H2,1H3,(H,28,31). The van der Waals surface area contributed by atoms with Crippen LogP contribution in [0.25, 0.3) is 0 Å². The van der Waals surface area contributed by atoms with E-state index in [-0.39, 0.29) is 24.5 Å². The van der Waals surface area contributed by atoms with Crippen LogP contribution >= 0.6 is 22.6 Å². The third-order valence-corrected chi connectivity index (χ3v) is 6.72. The SMILES string of the molecule is CCC(C(=O)NC1CCCCC1)N(CCc1ccccc1)C(=O)COc1ccc(I)cc1. The van der Waals surface area contributed by atoms with E-state index >= 15 is 0 Å². The van der Waals surface area contributed by atoms with Crippen molar-refractivity contribution < 1.29 is 14.3 Å². The minimum absolute atomic E-state index is 0.0462. The minimum atomic E-state index is -0.492. The molecule has 1 saturated carbocycles. The van der Waals surface area contributed by atoms with Crippen LogP contribution in [0.4, 0.5) is 0 Å². The van der Waals surface area contributed by atoms with Crippen LogP contribution in [0.1, 0.15) is 51.0 Å². The van der Waals surface area contributed by atoms with E-state index in [1.165, 1.54) is 6.42 Å². The van der Waals surface area contributed by atoms with Crippen molar-refractivity contribution in [3.63, 3.8) is 0 Å². The molecule has 0 aromatic heterocycles. The number of carbonyl (C=O) groups excluding carboxylic acids is 2. The Hall–Kier alpha value is -2.09. The largest absolute Gasteiger partial charge is 0.484 e. The van der Waals surface area contributed by atoms with E-state index in [0.717, 1.165) is 34.8 Å². The van der Waals surface area contributed by atoms with Gasteiger partial charge in [0.05, 0.1) is 0 Å². The van der Waals surface area contributed by atoms with E-state index in [2.05, 4.69) is 27.9 Å². The summed E-state index contributed by atoms with van der Waals surface area (Å²) in [7, 11) is 0. The van der Waals surface area contributed by atoms with Gasteiger partial charge in [-0.25, -0.2) is 0 Å². The number of benzene rings is 2. The van der Waals surface area contributed by atoms with Crippen LogP contribution in [0.3, 0.4) is 0 Å². The van der Waals surface area contributed by atoms with Gasteiger partial charge in [-0.15, -0.1) is 0 Å². The van der Waals surface area contributed by atoms with Gasteiger partial charge in [-0.3, -0.25) is 9.59 Å². The molecule has 32 heavy (non-hydrogen) atoms. The summed E-state index contributed by atoms with van der Waals surface area (Å²) in [6.45, 7) is 2.37. The number of nitrogens with one attached hydrogen (secondary N) is 1. The van der Waals surface area contributed by atoms with Crippen LogP contribution in [0.15, 0.2) is 54.6 Å². The van der Waals surface area contributed by atoms with Gasteiger partial charge in [-0.2, -0.15) is 0 Å². The molecule has 1 fully saturated rings. The first-order valence-corrected chi connectivity index (χ1v) is 12.7. The average molecular weight is 548 g/mol. The number of ether oxygens (including phenoxy) is 1. The van der Waals surface area contributed by atoms with Gasteiger partial charge in [-0.05, 0) is 78.1 Å². The summed E-state index contributed by atoms with van der Waals surface area (Å²) in [5.74, 6) is 0.446. The van der Waals surface area contributed by atoms with Gasteiger partial charge in [0.2, 0.25) is 5.91 Å². The normalized spacial score (nSPS) is 15.1. The minimum Gasteiger partial charge on any atom is -0.484 e. The lowest BCUT2D eigenvalue weighted by molar-refractivity contribution is -0.142. The molecule has 2 aromatic carbocycles. The van der Waals surface area contributed by atoms with Crippen molar-refractivity contribution in [3.8, 4) is 5.75 Å². The number of rotatable bonds is 10. The quantitative estimate of drug-likeness (QED) is 0.427. The fourth-order valence-electron chi connectivity index (χ4n) is 4.20. The van der Waals surface area contributed by atoms with E-state index < -0.39 is 6.04 Å². The van der Waals surface area contributed by atoms with Crippen LogP contribution in [-0.2, 0) is 16.0 Å². The van der Waals surface area contributed by atoms with E-state index in [1.807, 2.05) is 61.5 Å². The molecule has 0 spiro atoms. The molecule has 1 aliphatic rings. The molecule has 0 bridgehead atoms. The molecule has 0 saturated heterocycles. The smallest absolute Gasteiger partial charge is 0.261 e. The van der Waals surface area contributed by atoms with Crippen LogP contribution < -0.4 is 10.1 Å². The third kappa shape index (κ3) is 7.50. The lowest BCUT2D eigenvalue weighted by Crippen LogP contribution is -2.53. The fraction of sp³-hybridized carbons (Fsp3) is 0.462. The Morgan fingerprint density at radius 1 is 1.06 bits per heavy atom. The zero-order valence-electron chi connectivity index (χ0n) is 18.8. The summed E-state index contributed by atoms with van der Waals surface area (Å²) in [5, 5.41) is 3.21. The predicted octanol–water partition coefficient (Wildman–Crippen LogP) is 4.97. The van der Waals surface area contributed by atoms with Crippen molar-refractivity contribution in [2.45, 2.75) is 64.0 Å². The Labute approximate surface area is 205 Å². The number of nitrogens with zero attached hydrogens (tertiary/aromatic N) is 1. The zero-order chi connectivity index (χ0) is 22.8. The Morgan fingerprint density at radius 2 is 1.75 bits per heavy atom. The molecule has 1 atom stereocenters. The highest BCUT2D eigenvalue weighted by molar-refractivity contribution is 14.1. The summed E-state index contributed by atoms with van der Waals surface area (Å²) in [5.41, 5.74) is 1.14. The Balaban J connectivity index is 1.68. The second kappa shape index (κ2) is 12.8. The molecule has 172 valence electrons. The van der Waals surface area contributed by atoms with Crippen molar-refractivity contribution in [2.24, 2.45) is 0 Å². The van der Waals surface area contributed by atoms with Gasteiger partial charge < -0.3 is 15.0 Å². The molecule has 2 aromatic rings. The Bertz CT molecular complexity index is 851. The molecule has 0 heterocycles. The van der Waals surface area contributed by atoms with Gasteiger partial charge in [-0.1, -0.05) is 56.5 Å². The molecule has 1 aliphatic carbocycles. The first kappa shape index (κ1) is 24.6. The van der Waals surface area contributed by atoms with Crippen molar-refractivity contribution in [1.29, 1.82) is 0 Å².